The average molecular weight is 326 g/mol. The van der Waals surface area contributed by atoms with Crippen LogP contribution in [0.3, 0.4) is 0 Å². The normalized spacial score (nSPS) is 14.8. The van der Waals surface area contributed by atoms with Crippen molar-refractivity contribution in [2.45, 2.75) is 26.2 Å². The maximum atomic E-state index is 5.18. The van der Waals surface area contributed by atoms with Gasteiger partial charge in [0.15, 0.2) is 0 Å². The lowest BCUT2D eigenvalue weighted by Gasteiger charge is -2.26. The van der Waals surface area contributed by atoms with Gasteiger partial charge in [-0.05, 0) is 31.7 Å². The Morgan fingerprint density at radius 3 is 2.54 bits per heavy atom. The standard InChI is InChI=1S/C17H22N6O/c1-13-6-8-14(9-7-13)12-18-22-15-19-16(21-17(20-15)24-2)23-10-4-3-5-11-23/h6-9,12H,3-5,10-11H2,1-2H3,(H,19,20,21,22)/b18-12-. The molecule has 3 rings (SSSR count). The summed E-state index contributed by atoms with van der Waals surface area (Å²) in [4.78, 5) is 15.1. The molecule has 1 fully saturated rings. The van der Waals surface area contributed by atoms with Crippen LogP contribution in [-0.2, 0) is 0 Å². The van der Waals surface area contributed by atoms with E-state index in [4.69, 9.17) is 4.74 Å². The molecule has 1 N–H and O–H groups in total. The van der Waals surface area contributed by atoms with Crippen LogP contribution in [0, 0.1) is 6.92 Å². The van der Waals surface area contributed by atoms with Crippen LogP contribution in [-0.4, -0.2) is 41.4 Å². The van der Waals surface area contributed by atoms with E-state index in [0.29, 0.717) is 17.9 Å². The SMILES string of the molecule is COc1nc(N/N=C\c2ccc(C)cc2)nc(N2CCCCC2)n1. The van der Waals surface area contributed by atoms with Crippen LogP contribution in [0.15, 0.2) is 29.4 Å². The van der Waals surface area contributed by atoms with Crippen molar-refractivity contribution in [1.82, 2.24) is 15.0 Å². The van der Waals surface area contributed by atoms with Gasteiger partial charge in [0.05, 0.1) is 13.3 Å². The Bertz CT molecular complexity index is 695. The van der Waals surface area contributed by atoms with E-state index in [-0.39, 0.29) is 0 Å². The number of aromatic nitrogens is 3. The first-order valence-electron chi connectivity index (χ1n) is 8.15. The molecule has 0 aliphatic carbocycles. The summed E-state index contributed by atoms with van der Waals surface area (Å²) < 4.78 is 5.18. The molecule has 1 aliphatic heterocycles. The van der Waals surface area contributed by atoms with Gasteiger partial charge in [0.2, 0.25) is 5.95 Å². The highest BCUT2D eigenvalue weighted by Gasteiger charge is 2.16. The van der Waals surface area contributed by atoms with Crippen molar-refractivity contribution < 1.29 is 4.74 Å². The number of hydrogen-bond acceptors (Lipinski definition) is 7. The molecule has 1 aliphatic rings. The molecule has 0 bridgehead atoms. The number of hydrazone groups is 1. The summed E-state index contributed by atoms with van der Waals surface area (Å²) in [7, 11) is 1.55. The van der Waals surface area contributed by atoms with Crippen molar-refractivity contribution in [3.63, 3.8) is 0 Å². The Balaban J connectivity index is 1.73. The number of anilines is 2. The molecule has 1 aromatic heterocycles. The number of nitrogens with one attached hydrogen (secondary N) is 1. The molecule has 7 nitrogen and oxygen atoms in total. The second kappa shape index (κ2) is 7.72. The lowest BCUT2D eigenvalue weighted by Crippen LogP contribution is -2.31. The van der Waals surface area contributed by atoms with E-state index < -0.39 is 0 Å². The smallest absolute Gasteiger partial charge is 0.322 e. The van der Waals surface area contributed by atoms with Crippen molar-refractivity contribution in [3.8, 4) is 6.01 Å². The maximum Gasteiger partial charge on any atom is 0.322 e. The summed E-state index contributed by atoms with van der Waals surface area (Å²) in [5.74, 6) is 1.01. The Morgan fingerprint density at radius 1 is 1.08 bits per heavy atom. The van der Waals surface area contributed by atoms with Crippen LogP contribution in [0.4, 0.5) is 11.9 Å². The summed E-state index contributed by atoms with van der Waals surface area (Å²) in [6, 6.07) is 8.39. The molecule has 0 saturated carbocycles. The van der Waals surface area contributed by atoms with Gasteiger partial charge in [-0.25, -0.2) is 5.43 Å². The Hall–Kier alpha value is -2.70. The molecular formula is C17H22N6O. The predicted molar refractivity (Wildman–Crippen MR) is 94.8 cm³/mol. The molecule has 1 saturated heterocycles. The number of ether oxygens (including phenoxy) is 1. The fourth-order valence-corrected chi connectivity index (χ4v) is 2.54. The molecule has 126 valence electrons. The van der Waals surface area contributed by atoms with Gasteiger partial charge < -0.3 is 9.64 Å². The Labute approximate surface area is 141 Å². The second-order valence-corrected chi connectivity index (χ2v) is 5.77. The summed E-state index contributed by atoms with van der Waals surface area (Å²) in [5.41, 5.74) is 5.08. The first kappa shape index (κ1) is 16.2. The molecule has 2 aromatic rings. The first-order valence-corrected chi connectivity index (χ1v) is 8.15. The van der Waals surface area contributed by atoms with Crippen molar-refractivity contribution >= 4 is 18.1 Å². The van der Waals surface area contributed by atoms with Gasteiger partial charge in [-0.15, -0.1) is 0 Å². The van der Waals surface area contributed by atoms with Crippen LogP contribution in [0.2, 0.25) is 0 Å². The molecule has 0 spiro atoms. The van der Waals surface area contributed by atoms with Crippen molar-refractivity contribution in [2.75, 3.05) is 30.5 Å². The molecule has 0 radical (unpaired) electrons. The summed E-state index contributed by atoms with van der Waals surface area (Å²) in [6.45, 7) is 3.97. The van der Waals surface area contributed by atoms with E-state index in [1.807, 2.05) is 24.3 Å². The molecule has 2 heterocycles. The quantitative estimate of drug-likeness (QED) is 0.672. The van der Waals surface area contributed by atoms with Crippen molar-refractivity contribution in [3.05, 3.63) is 35.4 Å². The first-order chi connectivity index (χ1) is 11.7. The second-order valence-electron chi connectivity index (χ2n) is 5.77. The number of rotatable bonds is 5. The lowest BCUT2D eigenvalue weighted by atomic mass is 10.1. The van der Waals surface area contributed by atoms with Gasteiger partial charge in [-0.2, -0.15) is 20.1 Å². The highest BCUT2D eigenvalue weighted by atomic mass is 16.5. The minimum Gasteiger partial charge on any atom is -0.467 e. The third-order valence-corrected chi connectivity index (χ3v) is 3.88. The molecule has 0 amide bonds. The van der Waals surface area contributed by atoms with Gasteiger partial charge in [0, 0.05) is 13.1 Å². The van der Waals surface area contributed by atoms with Gasteiger partial charge in [0.25, 0.3) is 5.95 Å². The van der Waals surface area contributed by atoms with Crippen LogP contribution in [0.25, 0.3) is 0 Å². The Kier molecular flexibility index (Phi) is 5.20. The van der Waals surface area contributed by atoms with Gasteiger partial charge >= 0.3 is 6.01 Å². The molecule has 7 heteroatoms. The zero-order valence-electron chi connectivity index (χ0n) is 14.1. The third-order valence-electron chi connectivity index (χ3n) is 3.88. The van der Waals surface area contributed by atoms with E-state index in [0.717, 1.165) is 31.5 Å². The van der Waals surface area contributed by atoms with E-state index in [1.165, 1.54) is 12.0 Å². The fraction of sp³-hybridized carbons (Fsp3) is 0.412. The van der Waals surface area contributed by atoms with E-state index in [9.17, 15) is 0 Å². The summed E-state index contributed by atoms with van der Waals surface area (Å²) >= 11 is 0. The minimum atomic E-state index is 0.290. The minimum absolute atomic E-state index is 0.290. The van der Waals surface area contributed by atoms with E-state index in [1.54, 1.807) is 13.3 Å². The Morgan fingerprint density at radius 2 is 1.83 bits per heavy atom. The molecule has 0 atom stereocenters. The zero-order chi connectivity index (χ0) is 16.8. The highest BCUT2D eigenvalue weighted by molar-refractivity contribution is 5.80. The maximum absolute atomic E-state index is 5.18. The number of methoxy groups -OCH3 is 1. The van der Waals surface area contributed by atoms with E-state index >= 15 is 0 Å². The van der Waals surface area contributed by atoms with Crippen LogP contribution < -0.4 is 15.1 Å². The largest absolute Gasteiger partial charge is 0.467 e. The zero-order valence-corrected chi connectivity index (χ0v) is 14.1. The number of benzene rings is 1. The van der Waals surface area contributed by atoms with Gasteiger partial charge in [-0.3, -0.25) is 0 Å². The number of aryl methyl sites for hydroxylation is 1. The molecule has 24 heavy (non-hydrogen) atoms. The topological polar surface area (TPSA) is 75.5 Å². The van der Waals surface area contributed by atoms with Gasteiger partial charge in [0.1, 0.15) is 0 Å². The van der Waals surface area contributed by atoms with Crippen LogP contribution in [0.5, 0.6) is 6.01 Å². The monoisotopic (exact) mass is 326 g/mol. The van der Waals surface area contributed by atoms with Crippen LogP contribution >= 0.6 is 0 Å². The predicted octanol–water partition coefficient (Wildman–Crippen LogP) is 2.62. The number of piperidine rings is 1. The molecular weight excluding hydrogens is 304 g/mol. The summed E-state index contributed by atoms with van der Waals surface area (Å²) in [6.07, 6.45) is 5.30. The molecule has 0 unspecified atom stereocenters. The van der Waals surface area contributed by atoms with Crippen molar-refractivity contribution in [1.29, 1.82) is 0 Å². The fourth-order valence-electron chi connectivity index (χ4n) is 2.54. The third kappa shape index (κ3) is 4.18. The van der Waals surface area contributed by atoms with Gasteiger partial charge in [-0.1, -0.05) is 29.8 Å². The highest BCUT2D eigenvalue weighted by Crippen LogP contribution is 2.19. The van der Waals surface area contributed by atoms with Crippen molar-refractivity contribution in [2.24, 2.45) is 5.10 Å². The number of hydrogen-bond donors (Lipinski definition) is 1. The van der Waals surface area contributed by atoms with E-state index in [2.05, 4.69) is 37.3 Å². The lowest BCUT2D eigenvalue weighted by molar-refractivity contribution is 0.378. The number of nitrogens with zero attached hydrogens (tertiary/aromatic N) is 5. The average Bonchev–Trinajstić information content (AvgIpc) is 2.64. The molecule has 1 aromatic carbocycles. The summed E-state index contributed by atoms with van der Waals surface area (Å²) in [5, 5.41) is 4.20. The van der Waals surface area contributed by atoms with Crippen LogP contribution in [0.1, 0.15) is 30.4 Å².